The smallest absolute Gasteiger partial charge is 0.259 e. The van der Waals surface area contributed by atoms with Gasteiger partial charge in [0.1, 0.15) is 24.7 Å². The summed E-state index contributed by atoms with van der Waals surface area (Å²) in [5.41, 5.74) is 2.46. The Morgan fingerprint density at radius 3 is 2.71 bits per heavy atom. The molecule has 2 atom stereocenters. The van der Waals surface area contributed by atoms with Crippen molar-refractivity contribution in [3.05, 3.63) is 72.2 Å². The topological polar surface area (TPSA) is 85.7 Å². The van der Waals surface area contributed by atoms with Gasteiger partial charge in [0.15, 0.2) is 5.03 Å². The van der Waals surface area contributed by atoms with Crippen LogP contribution in [0.5, 0.6) is 11.5 Å². The number of aromatic nitrogens is 2. The van der Waals surface area contributed by atoms with Crippen LogP contribution in [0.15, 0.2) is 66.1 Å². The zero-order valence-electron chi connectivity index (χ0n) is 19.3. The molecule has 0 unspecified atom stereocenters. The molecule has 5 rings (SSSR count). The van der Waals surface area contributed by atoms with Crippen LogP contribution in [-0.2, 0) is 23.5 Å². The number of benzene rings is 2. The molecular weight excluding hydrogens is 452 g/mol. The second-order valence-corrected chi connectivity index (χ2v) is 10.6. The Hall–Kier alpha value is -2.88. The molecular formula is C25H30N4O4S. The Labute approximate surface area is 200 Å². The molecule has 8 nitrogen and oxygen atoms in total. The van der Waals surface area contributed by atoms with Crippen molar-refractivity contribution in [3.8, 4) is 11.5 Å². The van der Waals surface area contributed by atoms with Crippen molar-refractivity contribution < 1.29 is 17.9 Å². The van der Waals surface area contributed by atoms with Crippen molar-refractivity contribution in [2.75, 3.05) is 32.8 Å². The molecule has 3 aromatic rings. The summed E-state index contributed by atoms with van der Waals surface area (Å²) < 4.78 is 40.9. The highest BCUT2D eigenvalue weighted by Crippen LogP contribution is 2.41. The van der Waals surface area contributed by atoms with E-state index in [1.165, 1.54) is 24.5 Å². The molecule has 34 heavy (non-hydrogen) atoms. The Bertz CT molecular complexity index is 1220. The van der Waals surface area contributed by atoms with Gasteiger partial charge in [-0.2, -0.15) is 0 Å². The van der Waals surface area contributed by atoms with Gasteiger partial charge < -0.3 is 14.0 Å². The van der Waals surface area contributed by atoms with Gasteiger partial charge in [-0.1, -0.05) is 30.3 Å². The highest BCUT2D eigenvalue weighted by atomic mass is 32.2. The second kappa shape index (κ2) is 9.77. The minimum atomic E-state index is -3.65. The summed E-state index contributed by atoms with van der Waals surface area (Å²) in [7, 11) is -1.92. The number of imidazole rings is 1. The fourth-order valence-electron chi connectivity index (χ4n) is 4.63. The van der Waals surface area contributed by atoms with E-state index in [1.54, 1.807) is 11.6 Å². The van der Waals surface area contributed by atoms with Gasteiger partial charge in [-0.3, -0.25) is 4.90 Å². The number of hydrogen-bond acceptors (Lipinski definition) is 6. The average Bonchev–Trinajstić information content (AvgIpc) is 3.25. The number of sulfonamides is 1. The lowest BCUT2D eigenvalue weighted by Crippen LogP contribution is -2.52. The van der Waals surface area contributed by atoms with E-state index >= 15 is 0 Å². The predicted molar refractivity (Wildman–Crippen MR) is 129 cm³/mol. The van der Waals surface area contributed by atoms with E-state index in [4.69, 9.17) is 9.47 Å². The average molecular weight is 483 g/mol. The zero-order chi connectivity index (χ0) is 23.5. The van der Waals surface area contributed by atoms with Gasteiger partial charge in [-0.15, -0.1) is 0 Å². The van der Waals surface area contributed by atoms with Crippen LogP contribution in [0.25, 0.3) is 0 Å². The zero-order valence-corrected chi connectivity index (χ0v) is 20.1. The summed E-state index contributed by atoms with van der Waals surface area (Å²) in [5.74, 6) is 1.92. The number of likely N-dealkylation sites (tertiary alicyclic amines) is 1. The highest BCUT2D eigenvalue weighted by Gasteiger charge is 2.37. The summed E-state index contributed by atoms with van der Waals surface area (Å²) in [6, 6.07) is 16.8. The molecule has 2 aliphatic heterocycles. The minimum absolute atomic E-state index is 0.00159. The molecule has 0 aliphatic carbocycles. The fourth-order valence-corrected chi connectivity index (χ4v) is 5.62. The molecule has 0 bridgehead atoms. The molecule has 3 heterocycles. The normalized spacial score (nSPS) is 20.3. The van der Waals surface area contributed by atoms with Crippen LogP contribution in [0.3, 0.4) is 0 Å². The summed E-state index contributed by atoms with van der Waals surface area (Å²) in [4.78, 5) is 6.41. The number of aryl methyl sites for hydroxylation is 1. The number of nitrogens with zero attached hydrogens (tertiary/aromatic N) is 3. The number of nitrogens with one attached hydrogen (secondary N) is 1. The SMILES string of the molecule is Cn1cnc(S(=O)(=O)NCCOc2ccc3c(c2)[C@@H](Cc2ccccc2)[C@@H](N2CCC2)CO3)c1. The van der Waals surface area contributed by atoms with Gasteiger partial charge in [0.05, 0.1) is 12.4 Å². The van der Waals surface area contributed by atoms with Crippen LogP contribution >= 0.6 is 0 Å². The van der Waals surface area contributed by atoms with E-state index < -0.39 is 10.0 Å². The molecule has 1 saturated heterocycles. The van der Waals surface area contributed by atoms with E-state index in [1.807, 2.05) is 18.2 Å². The van der Waals surface area contributed by atoms with Gasteiger partial charge in [-0.05, 0) is 49.7 Å². The molecule has 0 spiro atoms. The second-order valence-electron chi connectivity index (χ2n) is 8.89. The van der Waals surface area contributed by atoms with Crippen molar-refractivity contribution in [1.29, 1.82) is 0 Å². The molecule has 9 heteroatoms. The van der Waals surface area contributed by atoms with Gasteiger partial charge in [-0.25, -0.2) is 18.1 Å². The lowest BCUT2D eigenvalue weighted by atomic mass is 9.82. The lowest BCUT2D eigenvalue weighted by Gasteiger charge is -2.45. The Morgan fingerprint density at radius 2 is 2.00 bits per heavy atom. The van der Waals surface area contributed by atoms with Gasteiger partial charge in [0.25, 0.3) is 10.0 Å². The van der Waals surface area contributed by atoms with Crippen LogP contribution in [0, 0.1) is 0 Å². The first-order valence-electron chi connectivity index (χ1n) is 11.6. The summed E-state index contributed by atoms with van der Waals surface area (Å²) >= 11 is 0. The predicted octanol–water partition coefficient (Wildman–Crippen LogP) is 2.57. The molecule has 2 aliphatic rings. The monoisotopic (exact) mass is 482 g/mol. The molecule has 2 aromatic carbocycles. The fraction of sp³-hybridized carbons (Fsp3) is 0.400. The van der Waals surface area contributed by atoms with Crippen molar-refractivity contribution in [3.63, 3.8) is 0 Å². The minimum Gasteiger partial charge on any atom is -0.492 e. The van der Waals surface area contributed by atoms with E-state index in [0.717, 1.165) is 30.8 Å². The standard InChI is InChI=1S/C25H30N4O4S/c1-28-16-25(26-18-28)34(30,31)27-10-13-32-20-8-9-24-22(15-20)21(14-19-6-3-2-4-7-19)23(17-33-24)29-11-5-12-29/h2-4,6-9,15-16,18,21,23,27H,5,10-14,17H2,1H3/t21-,23+/m1/s1. The van der Waals surface area contributed by atoms with Crippen LogP contribution in [0.1, 0.15) is 23.5 Å². The first-order valence-corrected chi connectivity index (χ1v) is 13.1. The maximum Gasteiger partial charge on any atom is 0.259 e. The first-order chi connectivity index (χ1) is 16.5. The van der Waals surface area contributed by atoms with Crippen molar-refractivity contribution >= 4 is 10.0 Å². The number of hydrogen-bond donors (Lipinski definition) is 1. The summed E-state index contributed by atoms with van der Waals surface area (Å²) in [5, 5.41) is 0.00159. The molecule has 0 radical (unpaired) electrons. The van der Waals surface area contributed by atoms with Gasteiger partial charge in [0, 0.05) is 31.3 Å². The van der Waals surface area contributed by atoms with E-state index in [9.17, 15) is 8.42 Å². The number of fused-ring (bicyclic) bond motifs is 1. The van der Waals surface area contributed by atoms with Crippen molar-refractivity contribution in [2.24, 2.45) is 7.05 Å². The Kier molecular flexibility index (Phi) is 6.58. The molecule has 1 fully saturated rings. The highest BCUT2D eigenvalue weighted by molar-refractivity contribution is 7.89. The maximum atomic E-state index is 12.3. The number of ether oxygens (including phenoxy) is 2. The molecule has 1 N–H and O–H groups in total. The van der Waals surface area contributed by atoms with E-state index in [-0.39, 0.29) is 18.2 Å². The molecule has 0 amide bonds. The summed E-state index contributed by atoms with van der Waals surface area (Å²) in [6.45, 7) is 3.28. The van der Waals surface area contributed by atoms with Crippen molar-refractivity contribution in [2.45, 2.75) is 29.8 Å². The Morgan fingerprint density at radius 1 is 1.18 bits per heavy atom. The molecule has 1 aromatic heterocycles. The third-order valence-corrected chi connectivity index (χ3v) is 7.88. The molecule has 0 saturated carbocycles. The quantitative estimate of drug-likeness (QED) is 0.472. The third-order valence-electron chi connectivity index (χ3n) is 6.53. The van der Waals surface area contributed by atoms with E-state index in [2.05, 4.69) is 44.9 Å². The number of rotatable bonds is 9. The van der Waals surface area contributed by atoms with Crippen LogP contribution < -0.4 is 14.2 Å². The van der Waals surface area contributed by atoms with E-state index in [0.29, 0.717) is 24.3 Å². The lowest BCUT2D eigenvalue weighted by molar-refractivity contribution is 0.0500. The Balaban J connectivity index is 1.28. The summed E-state index contributed by atoms with van der Waals surface area (Å²) in [6.07, 6.45) is 5.10. The third kappa shape index (κ3) is 4.96. The van der Waals surface area contributed by atoms with Crippen LogP contribution in [-0.4, -0.2) is 61.8 Å². The van der Waals surface area contributed by atoms with Gasteiger partial charge in [0.2, 0.25) is 0 Å². The van der Waals surface area contributed by atoms with Crippen LogP contribution in [0.2, 0.25) is 0 Å². The van der Waals surface area contributed by atoms with Gasteiger partial charge >= 0.3 is 0 Å². The largest absolute Gasteiger partial charge is 0.492 e. The van der Waals surface area contributed by atoms with Crippen LogP contribution in [0.4, 0.5) is 0 Å². The molecule has 180 valence electrons. The first kappa shape index (κ1) is 22.9. The van der Waals surface area contributed by atoms with Crippen molar-refractivity contribution in [1.82, 2.24) is 19.2 Å². The maximum absolute atomic E-state index is 12.3.